The zero-order valence-electron chi connectivity index (χ0n) is 19.2. The van der Waals surface area contributed by atoms with Gasteiger partial charge in [0, 0.05) is 45.3 Å². The molecule has 0 aromatic heterocycles. The summed E-state index contributed by atoms with van der Waals surface area (Å²) < 4.78 is 22.1. The van der Waals surface area contributed by atoms with E-state index in [9.17, 15) is 0 Å². The molecule has 0 saturated carbocycles. The summed E-state index contributed by atoms with van der Waals surface area (Å²) in [7, 11) is 5.02. The van der Waals surface area contributed by atoms with E-state index in [1.165, 1.54) is 0 Å². The summed E-state index contributed by atoms with van der Waals surface area (Å²) in [6.07, 6.45) is 0. The number of nitrogens with zero attached hydrogens (tertiary/aromatic N) is 2. The molecule has 0 unspecified atom stereocenters. The lowest BCUT2D eigenvalue weighted by molar-refractivity contribution is 0.0322. The highest BCUT2D eigenvalue weighted by atomic mass is 16.5. The Kier molecular flexibility index (Phi) is 9.46. The summed E-state index contributed by atoms with van der Waals surface area (Å²) in [5, 5.41) is 6.70. The molecule has 2 aromatic carbocycles. The Labute approximate surface area is 190 Å². The smallest absolute Gasteiger partial charge is 0.191 e. The number of hydrogen-bond acceptors (Lipinski definition) is 6. The Morgan fingerprint density at radius 3 is 2.47 bits per heavy atom. The van der Waals surface area contributed by atoms with Crippen LogP contribution in [0.4, 0.5) is 0 Å². The van der Waals surface area contributed by atoms with Crippen LogP contribution in [-0.2, 0) is 17.8 Å². The number of ether oxygens (including phenoxy) is 4. The van der Waals surface area contributed by atoms with E-state index in [2.05, 4.69) is 26.6 Å². The highest BCUT2D eigenvalue weighted by molar-refractivity contribution is 5.79. The van der Waals surface area contributed by atoms with Crippen molar-refractivity contribution in [3.05, 3.63) is 53.6 Å². The van der Waals surface area contributed by atoms with Crippen molar-refractivity contribution in [3.8, 4) is 17.2 Å². The zero-order chi connectivity index (χ0) is 22.6. The van der Waals surface area contributed by atoms with Gasteiger partial charge in [0.05, 0.1) is 27.4 Å². The minimum atomic E-state index is 0.609. The summed E-state index contributed by atoms with van der Waals surface area (Å²) >= 11 is 0. The molecule has 3 rings (SSSR count). The third-order valence-corrected chi connectivity index (χ3v) is 5.32. The fraction of sp³-hybridized carbons (Fsp3) is 0.458. The van der Waals surface area contributed by atoms with Gasteiger partial charge >= 0.3 is 0 Å². The molecule has 1 aliphatic heterocycles. The first kappa shape index (κ1) is 23.7. The van der Waals surface area contributed by atoms with Gasteiger partial charge in [0.25, 0.3) is 0 Å². The van der Waals surface area contributed by atoms with E-state index < -0.39 is 0 Å². The van der Waals surface area contributed by atoms with Gasteiger partial charge in [0.2, 0.25) is 0 Å². The average Bonchev–Trinajstić information content (AvgIpc) is 2.85. The lowest BCUT2D eigenvalue weighted by atomic mass is 10.2. The van der Waals surface area contributed by atoms with Gasteiger partial charge in [-0.1, -0.05) is 24.3 Å². The van der Waals surface area contributed by atoms with Gasteiger partial charge in [-0.25, -0.2) is 0 Å². The van der Waals surface area contributed by atoms with E-state index in [4.69, 9.17) is 18.9 Å². The van der Waals surface area contributed by atoms with Crippen LogP contribution in [0, 0.1) is 0 Å². The average molecular weight is 443 g/mol. The van der Waals surface area contributed by atoms with Crippen molar-refractivity contribution in [2.24, 2.45) is 4.99 Å². The monoisotopic (exact) mass is 442 g/mol. The highest BCUT2D eigenvalue weighted by Crippen LogP contribution is 2.27. The van der Waals surface area contributed by atoms with E-state index in [0.717, 1.165) is 49.7 Å². The fourth-order valence-electron chi connectivity index (χ4n) is 3.48. The summed E-state index contributed by atoms with van der Waals surface area (Å²) in [5.41, 5.74) is 2.15. The molecule has 0 spiro atoms. The number of aliphatic imine (C=N–C) groups is 1. The van der Waals surface area contributed by atoms with Crippen molar-refractivity contribution in [2.75, 3.05) is 60.7 Å². The third kappa shape index (κ3) is 7.03. The zero-order valence-corrected chi connectivity index (χ0v) is 19.2. The number of benzene rings is 2. The van der Waals surface area contributed by atoms with Gasteiger partial charge < -0.3 is 29.6 Å². The van der Waals surface area contributed by atoms with Crippen LogP contribution in [0.5, 0.6) is 17.2 Å². The number of guanidine groups is 1. The molecule has 1 heterocycles. The van der Waals surface area contributed by atoms with E-state index in [1.54, 1.807) is 21.3 Å². The van der Waals surface area contributed by atoms with Gasteiger partial charge in [-0.15, -0.1) is 0 Å². The SMILES string of the molecule is CN=C(NCc1ccc(OC)c(OC)c1)NCc1ccccc1OCCN1CCOCC1. The van der Waals surface area contributed by atoms with Crippen LogP contribution < -0.4 is 24.8 Å². The summed E-state index contributed by atoms with van der Waals surface area (Å²) in [6, 6.07) is 13.9. The number of hydrogen-bond donors (Lipinski definition) is 2. The Morgan fingerprint density at radius 2 is 1.72 bits per heavy atom. The lowest BCUT2D eigenvalue weighted by Gasteiger charge is -2.26. The predicted octanol–water partition coefficient (Wildman–Crippen LogP) is 2.28. The maximum absolute atomic E-state index is 6.07. The highest BCUT2D eigenvalue weighted by Gasteiger charge is 2.11. The molecule has 2 aromatic rings. The van der Waals surface area contributed by atoms with E-state index >= 15 is 0 Å². The number of nitrogens with one attached hydrogen (secondary N) is 2. The van der Waals surface area contributed by atoms with Gasteiger partial charge in [0.15, 0.2) is 17.5 Å². The summed E-state index contributed by atoms with van der Waals surface area (Å²) in [5.74, 6) is 3.02. The molecule has 1 aliphatic rings. The van der Waals surface area contributed by atoms with Crippen molar-refractivity contribution in [1.82, 2.24) is 15.5 Å². The van der Waals surface area contributed by atoms with Crippen LogP contribution in [0.15, 0.2) is 47.5 Å². The first-order valence-corrected chi connectivity index (χ1v) is 10.9. The first-order chi connectivity index (χ1) is 15.7. The maximum atomic E-state index is 6.07. The van der Waals surface area contributed by atoms with Crippen LogP contribution >= 0.6 is 0 Å². The number of morpholine rings is 1. The Balaban J connectivity index is 1.49. The second kappa shape index (κ2) is 12.8. The van der Waals surface area contributed by atoms with Gasteiger partial charge in [-0.3, -0.25) is 9.89 Å². The van der Waals surface area contributed by atoms with Crippen molar-refractivity contribution in [3.63, 3.8) is 0 Å². The molecule has 8 nitrogen and oxygen atoms in total. The normalized spacial score (nSPS) is 14.7. The second-order valence-corrected chi connectivity index (χ2v) is 7.38. The van der Waals surface area contributed by atoms with Crippen LogP contribution in [0.1, 0.15) is 11.1 Å². The molecule has 1 fully saturated rings. The van der Waals surface area contributed by atoms with E-state index in [0.29, 0.717) is 37.2 Å². The molecular formula is C24H34N4O4. The van der Waals surface area contributed by atoms with Crippen molar-refractivity contribution >= 4 is 5.96 Å². The Morgan fingerprint density at radius 1 is 0.969 bits per heavy atom. The van der Waals surface area contributed by atoms with Crippen molar-refractivity contribution in [1.29, 1.82) is 0 Å². The number of para-hydroxylation sites is 1. The maximum Gasteiger partial charge on any atom is 0.191 e. The molecule has 0 aliphatic carbocycles. The fourth-order valence-corrected chi connectivity index (χ4v) is 3.48. The van der Waals surface area contributed by atoms with Crippen LogP contribution in [-0.4, -0.2) is 71.6 Å². The van der Waals surface area contributed by atoms with Crippen LogP contribution in [0.25, 0.3) is 0 Å². The first-order valence-electron chi connectivity index (χ1n) is 10.9. The topological polar surface area (TPSA) is 76.6 Å². The summed E-state index contributed by atoms with van der Waals surface area (Å²) in [4.78, 5) is 6.69. The van der Waals surface area contributed by atoms with Crippen LogP contribution in [0.2, 0.25) is 0 Å². The van der Waals surface area contributed by atoms with E-state index in [1.807, 2.05) is 36.4 Å². The lowest BCUT2D eigenvalue weighted by Crippen LogP contribution is -2.38. The molecule has 32 heavy (non-hydrogen) atoms. The molecule has 0 bridgehead atoms. The van der Waals surface area contributed by atoms with E-state index in [-0.39, 0.29) is 0 Å². The minimum absolute atomic E-state index is 0.609. The van der Waals surface area contributed by atoms with Crippen LogP contribution in [0.3, 0.4) is 0 Å². The van der Waals surface area contributed by atoms with Gasteiger partial charge in [0.1, 0.15) is 12.4 Å². The minimum Gasteiger partial charge on any atom is -0.493 e. The molecule has 174 valence electrons. The molecule has 0 amide bonds. The molecule has 8 heteroatoms. The molecule has 0 atom stereocenters. The Bertz CT molecular complexity index is 869. The summed E-state index contributed by atoms with van der Waals surface area (Å²) in [6.45, 7) is 6.31. The standard InChI is InChI=1S/C24H34N4O4/c1-25-24(26-17-19-8-9-22(29-2)23(16-19)30-3)27-18-20-6-4-5-7-21(20)32-15-12-28-10-13-31-14-11-28/h4-9,16H,10-15,17-18H2,1-3H3,(H2,25,26,27). The molecule has 0 radical (unpaired) electrons. The van der Waals surface area contributed by atoms with Crippen molar-refractivity contribution in [2.45, 2.75) is 13.1 Å². The van der Waals surface area contributed by atoms with Gasteiger partial charge in [-0.05, 0) is 23.8 Å². The largest absolute Gasteiger partial charge is 0.493 e. The van der Waals surface area contributed by atoms with Gasteiger partial charge in [-0.2, -0.15) is 0 Å². The number of methoxy groups -OCH3 is 2. The Hall–Kier alpha value is -2.97. The third-order valence-electron chi connectivity index (χ3n) is 5.32. The molecule has 1 saturated heterocycles. The number of rotatable bonds is 10. The quantitative estimate of drug-likeness (QED) is 0.432. The van der Waals surface area contributed by atoms with Crippen molar-refractivity contribution < 1.29 is 18.9 Å². The second-order valence-electron chi connectivity index (χ2n) is 7.38. The molecular weight excluding hydrogens is 408 g/mol. The molecule has 2 N–H and O–H groups in total. The predicted molar refractivity (Wildman–Crippen MR) is 126 cm³/mol.